The van der Waals surface area contributed by atoms with Gasteiger partial charge in [0.15, 0.2) is 0 Å². The van der Waals surface area contributed by atoms with Crippen LogP contribution in [-0.4, -0.2) is 15.6 Å². The van der Waals surface area contributed by atoms with Crippen molar-refractivity contribution < 1.29 is 0 Å². The summed E-state index contributed by atoms with van der Waals surface area (Å²) in [6.07, 6.45) is 9.82. The fourth-order valence-electron chi connectivity index (χ4n) is 0.762. The van der Waals surface area contributed by atoms with Crippen molar-refractivity contribution in [3.63, 3.8) is 0 Å². The Bertz CT molecular complexity index is 226. The molecule has 22 heavy (non-hydrogen) atoms. The van der Waals surface area contributed by atoms with Crippen LogP contribution in [0, 0.1) is 0 Å². The standard InChI is InChI=1S/C6H13Cl.C6H11Cl.C5H9Cl.I2/c1-4-6(3,7)5-2;1-3-5-6(7)4-2;1-3-5(6)4-2;1-2/h4-5H2,1-3H3;3,5-6H,4H2,1-2H3;3,5H,1,4H2,2H3;. The monoisotopic (exact) mass is 596 g/mol. The third kappa shape index (κ3) is 33.4. The maximum absolute atomic E-state index is 5.91. The minimum atomic E-state index is 0.0556. The summed E-state index contributed by atoms with van der Waals surface area (Å²) in [5.74, 6) is 0. The van der Waals surface area contributed by atoms with Crippen molar-refractivity contribution in [2.45, 2.75) is 82.9 Å². The Morgan fingerprint density at radius 1 is 1.00 bits per heavy atom. The van der Waals surface area contributed by atoms with Crippen LogP contribution < -0.4 is 0 Å². The second-order valence-electron chi connectivity index (χ2n) is 4.73. The molecule has 0 aromatic rings. The van der Waals surface area contributed by atoms with Crippen molar-refractivity contribution in [2.75, 3.05) is 0 Å². The fraction of sp³-hybridized carbons (Fsp3) is 0.765. The van der Waals surface area contributed by atoms with Crippen molar-refractivity contribution in [2.24, 2.45) is 0 Å². The lowest BCUT2D eigenvalue weighted by Gasteiger charge is -2.15. The summed E-state index contributed by atoms with van der Waals surface area (Å²) in [7, 11) is 0. The molecule has 5 heteroatoms. The highest BCUT2D eigenvalue weighted by atomic mass is 128. The lowest BCUT2D eigenvalue weighted by atomic mass is 10.1. The Morgan fingerprint density at radius 3 is 1.41 bits per heavy atom. The Labute approximate surface area is 178 Å². The fourth-order valence-corrected chi connectivity index (χ4v) is 0.907. The third-order valence-electron chi connectivity index (χ3n) is 2.91. The van der Waals surface area contributed by atoms with E-state index in [-0.39, 0.29) is 15.6 Å². The molecule has 0 amide bonds. The molecule has 0 saturated heterocycles. The first-order valence-electron chi connectivity index (χ1n) is 7.61. The summed E-state index contributed by atoms with van der Waals surface area (Å²) in [5.41, 5.74) is 0. The molecule has 0 aliphatic rings. The van der Waals surface area contributed by atoms with E-state index in [9.17, 15) is 0 Å². The summed E-state index contributed by atoms with van der Waals surface area (Å²) in [5, 5.41) is 0.412. The number of alkyl halides is 3. The summed E-state index contributed by atoms with van der Waals surface area (Å²) >= 11 is 21.4. The first kappa shape index (κ1) is 31.6. The van der Waals surface area contributed by atoms with Crippen molar-refractivity contribution >= 4 is 72.0 Å². The molecule has 136 valence electrons. The minimum Gasteiger partial charge on any atom is -0.120 e. The molecule has 0 fully saturated rings. The van der Waals surface area contributed by atoms with Crippen molar-refractivity contribution in [1.29, 1.82) is 0 Å². The first-order chi connectivity index (χ1) is 10.2. The highest BCUT2D eigenvalue weighted by Gasteiger charge is 2.13. The van der Waals surface area contributed by atoms with Gasteiger partial charge in [0.05, 0.1) is 10.8 Å². The van der Waals surface area contributed by atoms with Crippen molar-refractivity contribution in [1.82, 2.24) is 0 Å². The van der Waals surface area contributed by atoms with Gasteiger partial charge < -0.3 is 0 Å². The summed E-state index contributed by atoms with van der Waals surface area (Å²) < 4.78 is 0. The van der Waals surface area contributed by atoms with Crippen LogP contribution in [0.25, 0.3) is 0 Å². The Hall–Kier alpha value is 1.81. The zero-order valence-corrected chi connectivity index (χ0v) is 21.4. The van der Waals surface area contributed by atoms with Crippen molar-refractivity contribution in [3.05, 3.63) is 24.8 Å². The predicted molar refractivity (Wildman–Crippen MR) is 128 cm³/mol. The van der Waals surface area contributed by atoms with E-state index in [0.29, 0.717) is 0 Å². The van der Waals surface area contributed by atoms with Gasteiger partial charge in [-0.1, -0.05) is 45.9 Å². The lowest BCUT2D eigenvalue weighted by molar-refractivity contribution is 0.587. The molecule has 0 aliphatic heterocycles. The van der Waals surface area contributed by atoms with Gasteiger partial charge in [0.25, 0.3) is 0 Å². The molecule has 2 atom stereocenters. The van der Waals surface area contributed by atoms with Crippen LogP contribution in [0.2, 0.25) is 0 Å². The van der Waals surface area contributed by atoms with E-state index < -0.39 is 0 Å². The van der Waals surface area contributed by atoms with E-state index in [1.54, 1.807) is 6.08 Å². The average Bonchev–Trinajstić information content (AvgIpc) is 2.57. The molecule has 2 unspecified atom stereocenters. The number of halogens is 5. The quantitative estimate of drug-likeness (QED) is 0.163. The molecule has 0 aliphatic carbocycles. The second-order valence-corrected chi connectivity index (χ2v) is 6.76. The highest BCUT2D eigenvalue weighted by molar-refractivity contribution is 15.0. The molecular formula is C17H33Cl3I2. The van der Waals surface area contributed by atoms with Crippen LogP contribution >= 0.6 is 72.0 Å². The average molecular weight is 598 g/mol. The van der Waals surface area contributed by atoms with Crippen LogP contribution in [0.3, 0.4) is 0 Å². The van der Waals surface area contributed by atoms with E-state index in [2.05, 4.69) is 71.5 Å². The molecule has 0 saturated carbocycles. The Balaban J connectivity index is -0.000000105. The molecule has 0 heterocycles. The van der Waals surface area contributed by atoms with Crippen LogP contribution in [0.1, 0.15) is 67.2 Å². The van der Waals surface area contributed by atoms with Gasteiger partial charge in [0.2, 0.25) is 0 Å². The van der Waals surface area contributed by atoms with Gasteiger partial charge in [-0.05, 0) is 39.5 Å². The number of rotatable bonds is 6. The number of allylic oxidation sites excluding steroid dienone is 3. The zero-order chi connectivity index (χ0) is 18.6. The molecular weight excluding hydrogens is 564 g/mol. The molecule has 0 bridgehead atoms. The maximum Gasteiger partial charge on any atom is 0.0513 e. The van der Waals surface area contributed by atoms with E-state index in [1.807, 2.05) is 26.0 Å². The van der Waals surface area contributed by atoms with Gasteiger partial charge in [0, 0.05) is 42.1 Å². The zero-order valence-electron chi connectivity index (χ0n) is 14.8. The van der Waals surface area contributed by atoms with E-state index >= 15 is 0 Å². The van der Waals surface area contributed by atoms with E-state index in [4.69, 9.17) is 34.8 Å². The Kier molecular flexibility index (Phi) is 36.0. The van der Waals surface area contributed by atoms with Crippen LogP contribution in [0.5, 0.6) is 0 Å². The van der Waals surface area contributed by atoms with Gasteiger partial charge in [-0.15, -0.1) is 41.4 Å². The molecule has 0 N–H and O–H groups in total. The molecule has 0 aromatic carbocycles. The van der Waals surface area contributed by atoms with Gasteiger partial charge in [-0.3, -0.25) is 0 Å². The predicted octanol–water partition coefficient (Wildman–Crippen LogP) is 9.34. The van der Waals surface area contributed by atoms with Crippen LogP contribution in [0.15, 0.2) is 24.8 Å². The Morgan fingerprint density at radius 2 is 1.36 bits per heavy atom. The van der Waals surface area contributed by atoms with Crippen LogP contribution in [0.4, 0.5) is 0 Å². The molecule has 0 aromatic heterocycles. The number of hydrogen-bond donors (Lipinski definition) is 0. The largest absolute Gasteiger partial charge is 0.120 e. The summed E-state index contributed by atoms with van der Waals surface area (Å²) in [6.45, 7) is 15.9. The molecule has 0 spiro atoms. The lowest BCUT2D eigenvalue weighted by Crippen LogP contribution is -2.11. The highest BCUT2D eigenvalue weighted by Crippen LogP contribution is 2.21. The third-order valence-corrected chi connectivity index (χ3v) is 4.39. The smallest absolute Gasteiger partial charge is 0.0513 e. The molecule has 0 nitrogen and oxygen atoms in total. The topological polar surface area (TPSA) is 0 Å². The minimum absolute atomic E-state index is 0.0556. The van der Waals surface area contributed by atoms with Gasteiger partial charge in [-0.25, -0.2) is 0 Å². The maximum atomic E-state index is 5.91. The van der Waals surface area contributed by atoms with Gasteiger partial charge in [0.1, 0.15) is 0 Å². The number of hydrogen-bond acceptors (Lipinski definition) is 0. The second kappa shape index (κ2) is 25.1. The van der Waals surface area contributed by atoms with Gasteiger partial charge in [-0.2, -0.15) is 0 Å². The van der Waals surface area contributed by atoms with E-state index in [0.717, 1.165) is 25.7 Å². The first-order valence-corrected chi connectivity index (χ1v) is 15.1. The summed E-state index contributed by atoms with van der Waals surface area (Å²) in [4.78, 5) is 0.0556. The van der Waals surface area contributed by atoms with Crippen LogP contribution in [-0.2, 0) is 0 Å². The van der Waals surface area contributed by atoms with E-state index in [1.165, 1.54) is 0 Å². The molecule has 0 radical (unpaired) electrons. The SMILES string of the molecule is C=CC(Cl)CC.CC=CC(Cl)CC.CCC(C)(Cl)CC.II. The van der Waals surface area contributed by atoms with Crippen molar-refractivity contribution in [3.8, 4) is 0 Å². The van der Waals surface area contributed by atoms with Gasteiger partial charge >= 0.3 is 0 Å². The summed E-state index contributed by atoms with van der Waals surface area (Å²) in [6, 6.07) is 0. The molecule has 0 rings (SSSR count). The normalized spacial score (nSPS) is 12.7.